The molecule has 0 aliphatic heterocycles. The molecule has 0 fully saturated rings. The fraction of sp³-hybridized carbons (Fsp3) is 0.308. The number of nitriles is 1. The Labute approximate surface area is 96.6 Å². The van der Waals surface area contributed by atoms with Gasteiger partial charge in [-0.25, -0.2) is 0 Å². The summed E-state index contributed by atoms with van der Waals surface area (Å²) in [5, 5.41) is 9.02. The molecule has 0 atom stereocenters. The third-order valence-electron chi connectivity index (χ3n) is 1.98. The molecule has 0 amide bonds. The predicted octanol–water partition coefficient (Wildman–Crippen LogP) is 2.51. The summed E-state index contributed by atoms with van der Waals surface area (Å²) in [7, 11) is 3.79. The predicted molar refractivity (Wildman–Crippen MR) is 64.9 cm³/mol. The Morgan fingerprint density at radius 1 is 1.38 bits per heavy atom. The van der Waals surface area contributed by atoms with Gasteiger partial charge in [-0.1, -0.05) is 0 Å². The Bertz CT molecular complexity index is 399. The van der Waals surface area contributed by atoms with Crippen LogP contribution in [0.3, 0.4) is 0 Å². The first-order valence-corrected chi connectivity index (χ1v) is 5.19. The van der Waals surface area contributed by atoms with Crippen molar-refractivity contribution in [1.29, 1.82) is 5.26 Å². The summed E-state index contributed by atoms with van der Waals surface area (Å²) in [5.74, 6) is 0.827. The molecule has 3 nitrogen and oxygen atoms in total. The third-order valence-corrected chi connectivity index (χ3v) is 1.98. The third kappa shape index (κ3) is 3.32. The van der Waals surface area contributed by atoms with Gasteiger partial charge < -0.3 is 9.64 Å². The first-order valence-electron chi connectivity index (χ1n) is 5.19. The summed E-state index contributed by atoms with van der Waals surface area (Å²) < 4.78 is 5.34. The second kappa shape index (κ2) is 5.82. The molecule has 0 saturated heterocycles. The molecule has 0 aromatic heterocycles. The molecule has 0 bridgehead atoms. The molecular formula is C13H16N2O. The lowest BCUT2D eigenvalue weighted by Crippen LogP contribution is -2.02. The van der Waals surface area contributed by atoms with Gasteiger partial charge in [0.05, 0.1) is 12.2 Å². The van der Waals surface area contributed by atoms with Crippen molar-refractivity contribution in [2.24, 2.45) is 0 Å². The second-order valence-electron chi connectivity index (χ2n) is 3.58. The molecular weight excluding hydrogens is 200 g/mol. The Kier molecular flexibility index (Phi) is 4.41. The number of ether oxygens (including phenoxy) is 1. The first-order chi connectivity index (χ1) is 7.67. The molecule has 0 aliphatic carbocycles. The lowest BCUT2D eigenvalue weighted by molar-refractivity contribution is 0.340. The van der Waals surface area contributed by atoms with Crippen LogP contribution >= 0.6 is 0 Å². The Morgan fingerprint density at radius 3 is 2.44 bits per heavy atom. The van der Waals surface area contributed by atoms with Crippen LogP contribution in [0.25, 0.3) is 5.57 Å². The van der Waals surface area contributed by atoms with Crippen LogP contribution in [-0.4, -0.2) is 25.6 Å². The van der Waals surface area contributed by atoms with E-state index in [1.807, 2.05) is 50.2 Å². The van der Waals surface area contributed by atoms with E-state index in [1.54, 1.807) is 6.20 Å². The molecule has 3 heteroatoms. The van der Waals surface area contributed by atoms with E-state index >= 15 is 0 Å². The number of benzene rings is 1. The number of nitrogens with zero attached hydrogens (tertiary/aromatic N) is 2. The Morgan fingerprint density at radius 2 is 2.00 bits per heavy atom. The van der Waals surface area contributed by atoms with Crippen LogP contribution in [0.2, 0.25) is 0 Å². The van der Waals surface area contributed by atoms with Crippen molar-refractivity contribution in [3.63, 3.8) is 0 Å². The number of allylic oxidation sites excluding steroid dienone is 1. The van der Waals surface area contributed by atoms with E-state index in [-0.39, 0.29) is 0 Å². The highest BCUT2D eigenvalue weighted by molar-refractivity contribution is 5.76. The zero-order valence-corrected chi connectivity index (χ0v) is 9.90. The van der Waals surface area contributed by atoms with E-state index in [9.17, 15) is 0 Å². The zero-order chi connectivity index (χ0) is 12.0. The van der Waals surface area contributed by atoms with E-state index in [0.717, 1.165) is 11.3 Å². The van der Waals surface area contributed by atoms with Gasteiger partial charge in [0.15, 0.2) is 0 Å². The van der Waals surface area contributed by atoms with Gasteiger partial charge in [0.2, 0.25) is 0 Å². The van der Waals surface area contributed by atoms with E-state index < -0.39 is 0 Å². The van der Waals surface area contributed by atoms with Crippen molar-refractivity contribution in [3.8, 4) is 11.8 Å². The topological polar surface area (TPSA) is 36.3 Å². The molecule has 1 rings (SSSR count). The van der Waals surface area contributed by atoms with Crippen LogP contribution in [0.5, 0.6) is 5.75 Å². The molecule has 0 unspecified atom stereocenters. The van der Waals surface area contributed by atoms with Crippen LogP contribution in [0, 0.1) is 11.3 Å². The highest BCUT2D eigenvalue weighted by atomic mass is 16.5. The number of rotatable bonds is 4. The summed E-state index contributed by atoms with van der Waals surface area (Å²) in [4.78, 5) is 1.86. The molecule has 1 aromatic carbocycles. The van der Waals surface area contributed by atoms with Gasteiger partial charge in [-0.05, 0) is 36.8 Å². The summed E-state index contributed by atoms with van der Waals surface area (Å²) >= 11 is 0. The normalized spacial score (nSPS) is 10.8. The first kappa shape index (κ1) is 12.1. The lowest BCUT2D eigenvalue weighted by Gasteiger charge is -2.07. The largest absolute Gasteiger partial charge is 0.494 e. The molecule has 1 aromatic rings. The van der Waals surface area contributed by atoms with Gasteiger partial charge >= 0.3 is 0 Å². The SMILES string of the molecule is CCOc1ccc(/C(C#N)=C/N(C)C)cc1. The molecule has 0 N–H and O–H groups in total. The van der Waals surface area contributed by atoms with E-state index in [2.05, 4.69) is 6.07 Å². The summed E-state index contributed by atoms with van der Waals surface area (Å²) in [6, 6.07) is 9.71. The van der Waals surface area contributed by atoms with E-state index in [0.29, 0.717) is 12.2 Å². The van der Waals surface area contributed by atoms with E-state index in [1.165, 1.54) is 0 Å². The summed E-state index contributed by atoms with van der Waals surface area (Å²) in [6.07, 6.45) is 1.80. The molecule has 16 heavy (non-hydrogen) atoms. The molecule has 84 valence electrons. The average molecular weight is 216 g/mol. The van der Waals surface area contributed by atoms with Crippen molar-refractivity contribution in [1.82, 2.24) is 4.90 Å². The summed E-state index contributed by atoms with van der Waals surface area (Å²) in [6.45, 7) is 2.60. The van der Waals surface area contributed by atoms with Crippen LogP contribution in [0.4, 0.5) is 0 Å². The van der Waals surface area contributed by atoms with Crippen molar-refractivity contribution < 1.29 is 4.74 Å². The Hall–Kier alpha value is -1.95. The fourth-order valence-corrected chi connectivity index (χ4v) is 1.32. The maximum absolute atomic E-state index is 9.02. The van der Waals surface area contributed by atoms with Crippen LogP contribution < -0.4 is 4.74 Å². The molecule has 0 spiro atoms. The molecule has 0 radical (unpaired) electrons. The lowest BCUT2D eigenvalue weighted by atomic mass is 10.1. The fourth-order valence-electron chi connectivity index (χ4n) is 1.32. The van der Waals surface area contributed by atoms with E-state index in [4.69, 9.17) is 10.00 Å². The smallest absolute Gasteiger partial charge is 0.119 e. The molecule has 0 aliphatic rings. The monoisotopic (exact) mass is 216 g/mol. The van der Waals surface area contributed by atoms with Crippen LogP contribution in [-0.2, 0) is 0 Å². The van der Waals surface area contributed by atoms with Gasteiger partial charge in [-0.2, -0.15) is 5.26 Å². The Balaban J connectivity index is 2.92. The molecule has 0 saturated carbocycles. The van der Waals surface area contributed by atoms with Crippen molar-refractivity contribution in [3.05, 3.63) is 36.0 Å². The van der Waals surface area contributed by atoms with Gasteiger partial charge in [0, 0.05) is 20.3 Å². The maximum atomic E-state index is 9.02. The zero-order valence-electron chi connectivity index (χ0n) is 9.90. The van der Waals surface area contributed by atoms with Gasteiger partial charge in [0.25, 0.3) is 0 Å². The minimum Gasteiger partial charge on any atom is -0.494 e. The highest BCUT2D eigenvalue weighted by Crippen LogP contribution is 2.18. The minimum atomic E-state index is 0.646. The van der Waals surface area contributed by atoms with Gasteiger partial charge in [0.1, 0.15) is 11.8 Å². The molecule has 0 heterocycles. The summed E-state index contributed by atoms with van der Waals surface area (Å²) in [5.41, 5.74) is 1.55. The number of hydrogen-bond acceptors (Lipinski definition) is 3. The van der Waals surface area contributed by atoms with Crippen molar-refractivity contribution >= 4 is 5.57 Å². The maximum Gasteiger partial charge on any atom is 0.119 e. The van der Waals surface area contributed by atoms with Crippen molar-refractivity contribution in [2.75, 3.05) is 20.7 Å². The minimum absolute atomic E-state index is 0.646. The average Bonchev–Trinajstić information content (AvgIpc) is 2.27. The standard InChI is InChI=1S/C13H16N2O/c1-4-16-13-7-5-11(6-8-13)12(9-14)10-15(2)3/h5-8,10H,4H2,1-3H3/b12-10+. The quantitative estimate of drug-likeness (QED) is 0.725. The number of hydrogen-bond donors (Lipinski definition) is 0. The highest BCUT2D eigenvalue weighted by Gasteiger charge is 2.01. The van der Waals surface area contributed by atoms with Crippen LogP contribution in [0.15, 0.2) is 30.5 Å². The van der Waals surface area contributed by atoms with Gasteiger partial charge in [-0.3, -0.25) is 0 Å². The van der Waals surface area contributed by atoms with Gasteiger partial charge in [-0.15, -0.1) is 0 Å². The van der Waals surface area contributed by atoms with Crippen molar-refractivity contribution in [2.45, 2.75) is 6.92 Å². The second-order valence-corrected chi connectivity index (χ2v) is 3.58. The van der Waals surface area contributed by atoms with Crippen LogP contribution in [0.1, 0.15) is 12.5 Å².